The maximum atomic E-state index is 13.5. The lowest BCUT2D eigenvalue weighted by Crippen LogP contribution is -2.29. The molecule has 1 atom stereocenters. The first-order chi connectivity index (χ1) is 10.9. The van der Waals surface area contributed by atoms with E-state index in [1.807, 2.05) is 0 Å². The van der Waals surface area contributed by atoms with Gasteiger partial charge in [-0.15, -0.1) is 0 Å². The van der Waals surface area contributed by atoms with E-state index in [4.69, 9.17) is 5.73 Å². The van der Waals surface area contributed by atoms with Crippen molar-refractivity contribution in [3.05, 3.63) is 69.5 Å². The van der Waals surface area contributed by atoms with E-state index >= 15 is 0 Å². The number of rotatable bonds is 5. The van der Waals surface area contributed by atoms with Crippen LogP contribution in [-0.4, -0.2) is 22.5 Å². The third-order valence-electron chi connectivity index (χ3n) is 3.22. The second kappa shape index (κ2) is 6.84. The Morgan fingerprint density at radius 1 is 1.30 bits per heavy atom. The minimum Gasteiger partial charge on any atom is -0.398 e. The second-order valence-electron chi connectivity index (χ2n) is 4.75. The van der Waals surface area contributed by atoms with Crippen molar-refractivity contribution in [1.82, 2.24) is 5.32 Å². The largest absolute Gasteiger partial charge is 0.398 e. The van der Waals surface area contributed by atoms with Crippen LogP contribution in [0.3, 0.4) is 0 Å². The van der Waals surface area contributed by atoms with Crippen LogP contribution in [-0.2, 0) is 0 Å². The summed E-state index contributed by atoms with van der Waals surface area (Å²) in [6.45, 7) is -0.314. The van der Waals surface area contributed by atoms with Gasteiger partial charge in [-0.25, -0.2) is 4.39 Å². The van der Waals surface area contributed by atoms with Gasteiger partial charge in [-0.05, 0) is 12.1 Å². The summed E-state index contributed by atoms with van der Waals surface area (Å²) in [7, 11) is 0. The topological polar surface area (TPSA) is 118 Å². The Labute approximate surface area is 130 Å². The van der Waals surface area contributed by atoms with Gasteiger partial charge in [0.2, 0.25) is 0 Å². The van der Waals surface area contributed by atoms with E-state index in [1.54, 1.807) is 6.07 Å². The van der Waals surface area contributed by atoms with E-state index in [0.29, 0.717) is 0 Å². The average Bonchev–Trinajstić information content (AvgIpc) is 2.52. The Morgan fingerprint density at radius 3 is 2.65 bits per heavy atom. The highest BCUT2D eigenvalue weighted by Gasteiger charge is 2.23. The van der Waals surface area contributed by atoms with Gasteiger partial charge < -0.3 is 16.2 Å². The Morgan fingerprint density at radius 2 is 2.00 bits per heavy atom. The first-order valence-corrected chi connectivity index (χ1v) is 6.65. The highest BCUT2D eigenvalue weighted by Crippen LogP contribution is 2.24. The van der Waals surface area contributed by atoms with Crippen molar-refractivity contribution < 1.29 is 19.2 Å². The first-order valence-electron chi connectivity index (χ1n) is 6.65. The van der Waals surface area contributed by atoms with Crippen LogP contribution in [0.25, 0.3) is 0 Å². The quantitative estimate of drug-likeness (QED) is 0.441. The van der Waals surface area contributed by atoms with Gasteiger partial charge in [0.25, 0.3) is 11.6 Å². The molecule has 0 spiro atoms. The van der Waals surface area contributed by atoms with E-state index in [-0.39, 0.29) is 23.4 Å². The number of aliphatic hydroxyl groups excluding tert-OH is 1. The molecule has 0 saturated carbocycles. The summed E-state index contributed by atoms with van der Waals surface area (Å²) < 4.78 is 13.5. The molecule has 0 heterocycles. The second-order valence-corrected chi connectivity index (χ2v) is 4.75. The lowest BCUT2D eigenvalue weighted by molar-refractivity contribution is -0.385. The molecule has 0 fully saturated rings. The summed E-state index contributed by atoms with van der Waals surface area (Å²) in [6.07, 6.45) is -1.29. The maximum Gasteiger partial charge on any atom is 0.284 e. The summed E-state index contributed by atoms with van der Waals surface area (Å²) in [5.74, 6) is -1.43. The first kappa shape index (κ1) is 16.4. The highest BCUT2D eigenvalue weighted by molar-refractivity contribution is 6.03. The Bertz CT molecular complexity index is 751. The van der Waals surface area contributed by atoms with Gasteiger partial charge in [0.1, 0.15) is 11.4 Å². The number of nitrogens with zero attached hydrogens (tertiary/aromatic N) is 1. The fourth-order valence-electron chi connectivity index (χ4n) is 2.09. The highest BCUT2D eigenvalue weighted by atomic mass is 19.1. The van der Waals surface area contributed by atoms with Crippen LogP contribution in [0.2, 0.25) is 0 Å². The number of nitrogens with one attached hydrogen (secondary N) is 1. The number of nitro benzene ring substituents is 1. The molecule has 7 nitrogen and oxygen atoms in total. The molecule has 1 amide bonds. The van der Waals surface area contributed by atoms with Crippen molar-refractivity contribution in [2.24, 2.45) is 0 Å². The SMILES string of the molecule is Nc1cccc([N+](=O)[O-])c1C(=O)NCC(O)c1ccccc1F. The number of hydrogen-bond acceptors (Lipinski definition) is 5. The molecule has 1 unspecified atom stereocenters. The van der Waals surface area contributed by atoms with Gasteiger partial charge in [0.15, 0.2) is 0 Å². The molecule has 2 rings (SSSR count). The molecular weight excluding hydrogens is 305 g/mol. The minimum atomic E-state index is -1.29. The Kier molecular flexibility index (Phi) is 4.87. The number of carbonyl (C=O) groups excluding carboxylic acids is 1. The van der Waals surface area contributed by atoms with Crippen LogP contribution >= 0.6 is 0 Å². The van der Waals surface area contributed by atoms with Crippen LogP contribution in [0, 0.1) is 15.9 Å². The molecule has 2 aromatic rings. The molecule has 8 heteroatoms. The number of halogens is 1. The van der Waals surface area contributed by atoms with Crippen LogP contribution in [0.1, 0.15) is 22.0 Å². The summed E-state index contributed by atoms with van der Waals surface area (Å²) in [5, 5.41) is 23.2. The van der Waals surface area contributed by atoms with Crippen molar-refractivity contribution in [3.8, 4) is 0 Å². The number of carbonyl (C=O) groups is 1. The molecule has 120 valence electrons. The molecule has 0 aromatic heterocycles. The normalized spacial score (nSPS) is 11.7. The molecule has 23 heavy (non-hydrogen) atoms. The average molecular weight is 319 g/mol. The molecule has 0 aliphatic rings. The summed E-state index contributed by atoms with van der Waals surface area (Å²) in [5.41, 5.74) is 4.84. The van der Waals surface area contributed by atoms with Gasteiger partial charge in [0.05, 0.1) is 16.7 Å². The lowest BCUT2D eigenvalue weighted by atomic mass is 10.1. The molecule has 0 bridgehead atoms. The Hall–Kier alpha value is -3.00. The number of hydrogen-bond donors (Lipinski definition) is 3. The van der Waals surface area contributed by atoms with Gasteiger partial charge in [-0.1, -0.05) is 24.3 Å². The minimum absolute atomic E-state index is 0.0170. The smallest absolute Gasteiger partial charge is 0.284 e. The van der Waals surface area contributed by atoms with Crippen molar-refractivity contribution in [2.45, 2.75) is 6.10 Å². The molecule has 0 radical (unpaired) electrons. The zero-order chi connectivity index (χ0) is 17.0. The van der Waals surface area contributed by atoms with E-state index < -0.39 is 28.4 Å². The predicted octanol–water partition coefficient (Wildman–Crippen LogP) is 1.78. The summed E-state index contributed by atoms with van der Waals surface area (Å²) >= 11 is 0. The number of benzene rings is 2. The van der Waals surface area contributed by atoms with Gasteiger partial charge in [0, 0.05) is 18.2 Å². The van der Waals surface area contributed by atoms with Crippen molar-refractivity contribution >= 4 is 17.3 Å². The van der Waals surface area contributed by atoms with Crippen LogP contribution in [0.4, 0.5) is 15.8 Å². The van der Waals surface area contributed by atoms with E-state index in [9.17, 15) is 24.4 Å². The predicted molar refractivity (Wildman–Crippen MR) is 81.2 cm³/mol. The standard InChI is InChI=1S/C15H14FN3O4/c16-10-5-2-1-4-9(10)13(20)8-18-15(21)14-11(17)6-3-7-12(14)19(22)23/h1-7,13,20H,8,17H2,(H,18,21). The Balaban J connectivity index is 2.15. The number of anilines is 1. The van der Waals surface area contributed by atoms with Crippen LogP contribution < -0.4 is 11.1 Å². The molecule has 4 N–H and O–H groups in total. The van der Waals surface area contributed by atoms with Crippen LogP contribution in [0.5, 0.6) is 0 Å². The number of nitro groups is 1. The number of aliphatic hydroxyl groups is 1. The van der Waals surface area contributed by atoms with Gasteiger partial charge >= 0.3 is 0 Å². The van der Waals surface area contributed by atoms with E-state index in [0.717, 1.165) is 6.07 Å². The summed E-state index contributed by atoms with van der Waals surface area (Å²) in [6, 6.07) is 9.44. The van der Waals surface area contributed by atoms with E-state index in [1.165, 1.54) is 30.3 Å². The van der Waals surface area contributed by atoms with Gasteiger partial charge in [-0.3, -0.25) is 14.9 Å². The molecule has 0 aliphatic carbocycles. The molecule has 0 saturated heterocycles. The fraction of sp³-hybridized carbons (Fsp3) is 0.133. The molecular formula is C15H14FN3O4. The third-order valence-corrected chi connectivity index (χ3v) is 3.22. The lowest BCUT2D eigenvalue weighted by Gasteiger charge is -2.13. The van der Waals surface area contributed by atoms with Crippen LogP contribution in [0.15, 0.2) is 42.5 Å². The summed E-state index contributed by atoms with van der Waals surface area (Å²) in [4.78, 5) is 22.3. The van der Waals surface area contributed by atoms with Gasteiger partial charge in [-0.2, -0.15) is 0 Å². The van der Waals surface area contributed by atoms with Crippen molar-refractivity contribution in [2.75, 3.05) is 12.3 Å². The fourth-order valence-corrected chi connectivity index (χ4v) is 2.09. The monoisotopic (exact) mass is 319 g/mol. The van der Waals surface area contributed by atoms with Crippen molar-refractivity contribution in [1.29, 1.82) is 0 Å². The maximum absolute atomic E-state index is 13.5. The zero-order valence-electron chi connectivity index (χ0n) is 11.9. The zero-order valence-corrected chi connectivity index (χ0v) is 11.9. The molecule has 2 aromatic carbocycles. The third kappa shape index (κ3) is 3.61. The van der Waals surface area contributed by atoms with E-state index in [2.05, 4.69) is 5.32 Å². The number of nitrogen functional groups attached to an aromatic ring is 1. The number of amides is 1. The number of nitrogens with two attached hydrogens (primary N) is 1. The molecule has 0 aliphatic heterocycles. The van der Waals surface area contributed by atoms with Crippen molar-refractivity contribution in [3.63, 3.8) is 0 Å².